The lowest BCUT2D eigenvalue weighted by Gasteiger charge is -2.31. The van der Waals surface area contributed by atoms with Crippen LogP contribution in [-0.4, -0.2) is 36.9 Å². The van der Waals surface area contributed by atoms with Crippen LogP contribution in [0.4, 0.5) is 5.69 Å². The van der Waals surface area contributed by atoms with E-state index in [0.29, 0.717) is 22.2 Å². The molecule has 128 valence electrons. The highest BCUT2D eigenvalue weighted by Gasteiger charge is 2.27. The molecule has 1 fully saturated rings. The van der Waals surface area contributed by atoms with Gasteiger partial charge in [0.2, 0.25) is 0 Å². The van der Waals surface area contributed by atoms with Crippen molar-refractivity contribution < 1.29 is 9.53 Å². The highest BCUT2D eigenvalue weighted by Crippen LogP contribution is 2.39. The molecule has 0 aliphatic carbocycles. The third kappa shape index (κ3) is 3.20. The Morgan fingerprint density at radius 3 is 2.75 bits per heavy atom. The average Bonchev–Trinajstić information content (AvgIpc) is 2.61. The van der Waals surface area contributed by atoms with E-state index in [9.17, 15) is 4.79 Å². The number of carbonyl (C=O) groups is 1. The van der Waals surface area contributed by atoms with Crippen molar-refractivity contribution >= 4 is 45.9 Å². The zero-order chi connectivity index (χ0) is 17.1. The number of benzene rings is 1. The van der Waals surface area contributed by atoms with Crippen LogP contribution in [0.2, 0.25) is 5.02 Å². The second kappa shape index (κ2) is 7.62. The molecule has 0 N–H and O–H groups in total. The Balaban J connectivity index is 2.30. The van der Waals surface area contributed by atoms with Gasteiger partial charge in [-0.25, -0.2) is 9.78 Å². The van der Waals surface area contributed by atoms with Gasteiger partial charge < -0.3 is 9.64 Å². The van der Waals surface area contributed by atoms with Crippen molar-refractivity contribution in [3.05, 3.63) is 28.8 Å². The Kier molecular flexibility index (Phi) is 5.51. The lowest BCUT2D eigenvalue weighted by molar-refractivity contribution is 0.0522. The number of thioether (sulfide) groups is 1. The van der Waals surface area contributed by atoms with Crippen molar-refractivity contribution in [2.24, 2.45) is 0 Å². The van der Waals surface area contributed by atoms with Gasteiger partial charge in [0.1, 0.15) is 10.6 Å². The van der Waals surface area contributed by atoms with Gasteiger partial charge in [0.25, 0.3) is 0 Å². The van der Waals surface area contributed by atoms with Crippen molar-refractivity contribution in [2.45, 2.75) is 31.2 Å². The monoisotopic (exact) mass is 364 g/mol. The number of hydrogen-bond acceptors (Lipinski definition) is 5. The SMILES string of the molecule is CCOC(=O)c1c(SC)nc2c(Cl)cccc2c1N1CCCCC1. The van der Waals surface area contributed by atoms with E-state index in [1.165, 1.54) is 18.2 Å². The topological polar surface area (TPSA) is 42.4 Å². The minimum absolute atomic E-state index is 0.309. The number of anilines is 1. The first kappa shape index (κ1) is 17.4. The van der Waals surface area contributed by atoms with Crippen LogP contribution in [0.1, 0.15) is 36.5 Å². The van der Waals surface area contributed by atoms with Crippen molar-refractivity contribution in [1.82, 2.24) is 4.98 Å². The minimum Gasteiger partial charge on any atom is -0.462 e. The predicted octanol–water partition coefficient (Wildman–Crippen LogP) is 4.78. The summed E-state index contributed by atoms with van der Waals surface area (Å²) in [5.74, 6) is -0.309. The molecule has 0 spiro atoms. The third-order valence-electron chi connectivity index (χ3n) is 4.25. The van der Waals surface area contributed by atoms with Crippen molar-refractivity contribution in [3.63, 3.8) is 0 Å². The Labute approximate surface area is 151 Å². The second-order valence-electron chi connectivity index (χ2n) is 5.75. The maximum Gasteiger partial charge on any atom is 0.343 e. The van der Waals surface area contributed by atoms with Gasteiger partial charge >= 0.3 is 5.97 Å². The van der Waals surface area contributed by atoms with E-state index < -0.39 is 0 Å². The maximum absolute atomic E-state index is 12.7. The van der Waals surface area contributed by atoms with E-state index in [2.05, 4.69) is 9.88 Å². The van der Waals surface area contributed by atoms with Gasteiger partial charge in [-0.05, 0) is 38.5 Å². The smallest absolute Gasteiger partial charge is 0.343 e. The fraction of sp³-hybridized carbons (Fsp3) is 0.444. The summed E-state index contributed by atoms with van der Waals surface area (Å²) in [5, 5.41) is 2.20. The molecule has 0 amide bonds. The molecule has 2 heterocycles. The molecule has 1 aliphatic rings. The lowest BCUT2D eigenvalue weighted by atomic mass is 10.0. The van der Waals surface area contributed by atoms with Crippen LogP contribution < -0.4 is 4.90 Å². The number of nitrogens with zero attached hydrogens (tertiary/aromatic N) is 2. The number of para-hydroxylation sites is 1. The van der Waals surface area contributed by atoms with Crippen LogP contribution >= 0.6 is 23.4 Å². The van der Waals surface area contributed by atoms with E-state index in [0.717, 1.165) is 42.5 Å². The van der Waals surface area contributed by atoms with Gasteiger partial charge in [-0.3, -0.25) is 0 Å². The summed E-state index contributed by atoms with van der Waals surface area (Å²) in [6, 6.07) is 5.74. The zero-order valence-electron chi connectivity index (χ0n) is 14.0. The molecule has 0 radical (unpaired) electrons. The lowest BCUT2D eigenvalue weighted by Crippen LogP contribution is -2.31. The van der Waals surface area contributed by atoms with Crippen LogP contribution in [0.5, 0.6) is 0 Å². The molecule has 0 bridgehead atoms. The van der Waals surface area contributed by atoms with Crippen LogP contribution in [0, 0.1) is 0 Å². The van der Waals surface area contributed by atoms with Crippen LogP contribution in [-0.2, 0) is 4.74 Å². The van der Waals surface area contributed by atoms with Gasteiger partial charge in [0.15, 0.2) is 0 Å². The molecule has 2 aromatic rings. The number of carbonyl (C=O) groups excluding carboxylic acids is 1. The molecule has 24 heavy (non-hydrogen) atoms. The number of ether oxygens (including phenoxy) is 1. The minimum atomic E-state index is -0.309. The van der Waals surface area contributed by atoms with E-state index in [4.69, 9.17) is 16.3 Å². The largest absolute Gasteiger partial charge is 0.462 e. The molecule has 3 rings (SSSR count). The molecule has 1 aromatic heterocycles. The number of piperidine rings is 1. The first-order chi connectivity index (χ1) is 11.7. The third-order valence-corrected chi connectivity index (χ3v) is 5.24. The zero-order valence-corrected chi connectivity index (χ0v) is 15.5. The van der Waals surface area contributed by atoms with E-state index in [1.807, 2.05) is 31.4 Å². The van der Waals surface area contributed by atoms with Crippen molar-refractivity contribution in [2.75, 3.05) is 30.9 Å². The summed E-state index contributed by atoms with van der Waals surface area (Å²) in [5.41, 5.74) is 2.24. The molecule has 1 aromatic carbocycles. The Bertz CT molecular complexity index is 760. The summed E-state index contributed by atoms with van der Waals surface area (Å²) in [6.45, 7) is 4.04. The molecule has 0 unspecified atom stereocenters. The molecular formula is C18H21ClN2O2S. The van der Waals surface area contributed by atoms with Crippen LogP contribution in [0.25, 0.3) is 10.9 Å². The predicted molar refractivity (Wildman–Crippen MR) is 101 cm³/mol. The quantitative estimate of drug-likeness (QED) is 0.577. The number of hydrogen-bond donors (Lipinski definition) is 0. The van der Waals surface area contributed by atoms with E-state index in [-0.39, 0.29) is 5.97 Å². The first-order valence-corrected chi connectivity index (χ1v) is 9.86. The molecule has 1 aliphatic heterocycles. The van der Waals surface area contributed by atoms with Crippen molar-refractivity contribution in [3.8, 4) is 0 Å². The number of aromatic nitrogens is 1. The molecule has 4 nitrogen and oxygen atoms in total. The number of esters is 1. The van der Waals surface area contributed by atoms with Crippen LogP contribution in [0.3, 0.4) is 0 Å². The average molecular weight is 365 g/mol. The van der Waals surface area contributed by atoms with E-state index in [1.54, 1.807) is 0 Å². The summed E-state index contributed by atoms with van der Waals surface area (Å²) >= 11 is 7.84. The molecule has 0 atom stereocenters. The summed E-state index contributed by atoms with van der Waals surface area (Å²) in [4.78, 5) is 19.6. The summed E-state index contributed by atoms with van der Waals surface area (Å²) in [7, 11) is 0. The first-order valence-electron chi connectivity index (χ1n) is 8.25. The van der Waals surface area contributed by atoms with Crippen molar-refractivity contribution in [1.29, 1.82) is 0 Å². The molecule has 0 saturated carbocycles. The normalized spacial score (nSPS) is 14.9. The van der Waals surface area contributed by atoms with Crippen LogP contribution in [0.15, 0.2) is 23.2 Å². The summed E-state index contributed by atoms with van der Waals surface area (Å²) < 4.78 is 5.33. The van der Waals surface area contributed by atoms with Gasteiger partial charge in [-0.15, -0.1) is 11.8 Å². The standard InChI is InChI=1S/C18H21ClN2O2S/c1-3-23-18(22)14-16(21-10-5-4-6-11-21)12-8-7-9-13(19)15(12)20-17(14)24-2/h7-9H,3-6,10-11H2,1-2H3. The number of rotatable bonds is 4. The second-order valence-corrected chi connectivity index (χ2v) is 6.95. The molecule has 6 heteroatoms. The van der Waals surface area contributed by atoms with Gasteiger partial charge in [0, 0.05) is 18.5 Å². The summed E-state index contributed by atoms with van der Waals surface area (Å²) in [6.07, 6.45) is 5.40. The highest BCUT2D eigenvalue weighted by atomic mass is 35.5. The fourth-order valence-corrected chi connectivity index (χ4v) is 3.98. The fourth-order valence-electron chi connectivity index (χ4n) is 3.19. The van der Waals surface area contributed by atoms with Gasteiger partial charge in [0.05, 0.1) is 22.8 Å². The maximum atomic E-state index is 12.7. The van der Waals surface area contributed by atoms with Gasteiger partial charge in [-0.1, -0.05) is 23.7 Å². The Morgan fingerprint density at radius 1 is 1.33 bits per heavy atom. The van der Waals surface area contributed by atoms with Gasteiger partial charge in [-0.2, -0.15) is 0 Å². The number of halogens is 1. The molecular weight excluding hydrogens is 344 g/mol. The molecule has 1 saturated heterocycles. The Hall–Kier alpha value is -1.46. The number of fused-ring (bicyclic) bond motifs is 1. The Morgan fingerprint density at radius 2 is 2.08 bits per heavy atom. The number of pyridine rings is 1. The highest BCUT2D eigenvalue weighted by molar-refractivity contribution is 7.98. The van der Waals surface area contributed by atoms with E-state index >= 15 is 0 Å².